The molecule has 0 radical (unpaired) electrons. The highest BCUT2D eigenvalue weighted by atomic mass is 16.5. The second-order valence-corrected chi connectivity index (χ2v) is 3.83. The van der Waals surface area contributed by atoms with E-state index >= 15 is 0 Å². The Hall–Kier alpha value is -0.200. The third-order valence-corrected chi connectivity index (χ3v) is 3.05. The predicted molar refractivity (Wildman–Crippen MR) is 50.5 cm³/mol. The molecule has 84 valence electrons. The predicted octanol–water partition coefficient (Wildman–Crippen LogP) is -1.69. The van der Waals surface area contributed by atoms with Crippen LogP contribution in [-0.2, 0) is 4.74 Å². The van der Waals surface area contributed by atoms with E-state index in [4.69, 9.17) is 25.8 Å². The van der Waals surface area contributed by atoms with E-state index in [2.05, 4.69) is 0 Å². The molecule has 0 bridgehead atoms. The first-order valence-corrected chi connectivity index (χ1v) is 4.89. The zero-order chi connectivity index (χ0) is 10.7. The van der Waals surface area contributed by atoms with Crippen LogP contribution in [0.15, 0.2) is 0 Å². The third-order valence-electron chi connectivity index (χ3n) is 3.05. The van der Waals surface area contributed by atoms with Crippen LogP contribution in [0.25, 0.3) is 0 Å². The maximum absolute atomic E-state index is 9.17. The lowest BCUT2D eigenvalue weighted by Crippen LogP contribution is -2.57. The maximum atomic E-state index is 9.17. The van der Waals surface area contributed by atoms with Gasteiger partial charge in [-0.3, -0.25) is 0 Å². The van der Waals surface area contributed by atoms with Crippen molar-refractivity contribution in [1.82, 2.24) is 0 Å². The number of hydrogen-bond acceptors (Lipinski definition) is 5. The van der Waals surface area contributed by atoms with Crippen molar-refractivity contribution in [3.8, 4) is 0 Å². The minimum absolute atomic E-state index is 0.0867. The van der Waals surface area contributed by atoms with Gasteiger partial charge in [-0.25, -0.2) is 0 Å². The Morgan fingerprint density at radius 3 is 2.07 bits per heavy atom. The average molecular weight is 205 g/mol. The van der Waals surface area contributed by atoms with Crippen molar-refractivity contribution in [3.05, 3.63) is 0 Å². The van der Waals surface area contributed by atoms with E-state index in [0.717, 1.165) is 0 Å². The zero-order valence-electron chi connectivity index (χ0n) is 8.34. The Kier molecular flexibility index (Phi) is 4.28. The molecule has 0 aromatic heterocycles. The minimum Gasteiger partial charge on any atom is -0.396 e. The molecule has 0 spiro atoms. The molecule has 14 heavy (non-hydrogen) atoms. The van der Waals surface area contributed by atoms with Gasteiger partial charge in [0.1, 0.15) is 0 Å². The lowest BCUT2D eigenvalue weighted by atomic mass is 9.79. The smallest absolute Gasteiger partial charge is 0.0864 e. The van der Waals surface area contributed by atoms with Crippen LogP contribution in [0.5, 0.6) is 0 Å². The molecule has 0 aromatic carbocycles. The topological polar surface area (TPSA) is 95.9 Å². The van der Waals surface area contributed by atoms with Crippen molar-refractivity contribution in [2.24, 2.45) is 17.6 Å². The molecular formula is C9H19NO4. The van der Waals surface area contributed by atoms with Crippen molar-refractivity contribution >= 4 is 0 Å². The fourth-order valence-electron chi connectivity index (χ4n) is 2.07. The molecule has 1 aliphatic rings. The highest BCUT2D eigenvalue weighted by Gasteiger charge is 2.41. The molecule has 0 amide bonds. The van der Waals surface area contributed by atoms with Crippen LogP contribution in [-0.4, -0.2) is 53.4 Å². The lowest BCUT2D eigenvalue weighted by molar-refractivity contribution is -0.148. The molecule has 1 heterocycles. The Labute approximate surface area is 83.5 Å². The van der Waals surface area contributed by atoms with Gasteiger partial charge in [-0.1, -0.05) is 0 Å². The number of nitrogens with two attached hydrogens (primary N) is 1. The van der Waals surface area contributed by atoms with Crippen molar-refractivity contribution in [2.75, 3.05) is 19.8 Å². The lowest BCUT2D eigenvalue weighted by Gasteiger charge is -2.43. The van der Waals surface area contributed by atoms with Crippen LogP contribution in [0.2, 0.25) is 0 Å². The van der Waals surface area contributed by atoms with E-state index in [1.165, 1.54) is 0 Å². The van der Waals surface area contributed by atoms with Gasteiger partial charge in [0.15, 0.2) is 0 Å². The third kappa shape index (κ3) is 2.07. The van der Waals surface area contributed by atoms with Gasteiger partial charge < -0.3 is 25.8 Å². The molecule has 5 N–H and O–H groups in total. The van der Waals surface area contributed by atoms with Gasteiger partial charge in [-0.2, -0.15) is 0 Å². The summed E-state index contributed by atoms with van der Waals surface area (Å²) in [5.74, 6) is -0.489. The zero-order valence-corrected chi connectivity index (χ0v) is 8.34. The SMILES string of the molecule is CC1OC(CO)C(CO)C(CO)C1N. The molecule has 5 nitrogen and oxygen atoms in total. The van der Waals surface area contributed by atoms with Crippen molar-refractivity contribution < 1.29 is 20.1 Å². The largest absolute Gasteiger partial charge is 0.396 e. The highest BCUT2D eigenvalue weighted by Crippen LogP contribution is 2.29. The molecule has 5 unspecified atom stereocenters. The van der Waals surface area contributed by atoms with Gasteiger partial charge in [0.05, 0.1) is 18.8 Å². The average Bonchev–Trinajstić information content (AvgIpc) is 2.20. The van der Waals surface area contributed by atoms with Gasteiger partial charge >= 0.3 is 0 Å². The summed E-state index contributed by atoms with van der Waals surface area (Å²) in [6.45, 7) is 1.44. The number of aliphatic hydroxyl groups is 3. The van der Waals surface area contributed by atoms with E-state index in [9.17, 15) is 0 Å². The summed E-state index contributed by atoms with van der Waals surface area (Å²) < 4.78 is 5.44. The van der Waals surface area contributed by atoms with E-state index in [0.29, 0.717) is 0 Å². The Morgan fingerprint density at radius 2 is 1.64 bits per heavy atom. The van der Waals surface area contributed by atoms with Crippen molar-refractivity contribution in [1.29, 1.82) is 0 Å². The molecule has 1 aliphatic heterocycles. The molecule has 0 aromatic rings. The minimum atomic E-state index is -0.424. The molecule has 5 atom stereocenters. The normalized spacial score (nSPS) is 43.9. The van der Waals surface area contributed by atoms with Crippen LogP contribution in [0.3, 0.4) is 0 Å². The van der Waals surface area contributed by atoms with E-state index in [-0.39, 0.29) is 43.8 Å². The Balaban J connectivity index is 2.75. The molecule has 1 rings (SSSR count). The summed E-state index contributed by atoms with van der Waals surface area (Å²) in [5, 5.41) is 27.4. The van der Waals surface area contributed by atoms with Crippen LogP contribution < -0.4 is 5.73 Å². The van der Waals surface area contributed by atoms with Crippen LogP contribution in [0.1, 0.15) is 6.92 Å². The van der Waals surface area contributed by atoms with E-state index < -0.39 is 6.10 Å². The molecule has 1 saturated heterocycles. The van der Waals surface area contributed by atoms with Gasteiger partial charge in [0, 0.05) is 31.1 Å². The first-order valence-electron chi connectivity index (χ1n) is 4.89. The van der Waals surface area contributed by atoms with Gasteiger partial charge in [0.25, 0.3) is 0 Å². The summed E-state index contributed by atoms with van der Waals surface area (Å²) in [7, 11) is 0. The first kappa shape index (κ1) is 11.9. The molecule has 1 fully saturated rings. The quantitative estimate of drug-likeness (QED) is 0.441. The fourth-order valence-corrected chi connectivity index (χ4v) is 2.07. The number of ether oxygens (including phenoxy) is 1. The first-order chi connectivity index (χ1) is 6.65. The second kappa shape index (κ2) is 5.04. The van der Waals surface area contributed by atoms with Gasteiger partial charge in [0.2, 0.25) is 0 Å². The summed E-state index contributed by atoms with van der Waals surface area (Å²) >= 11 is 0. The van der Waals surface area contributed by atoms with Crippen LogP contribution >= 0.6 is 0 Å². The van der Waals surface area contributed by atoms with Crippen LogP contribution in [0, 0.1) is 11.8 Å². The molecular weight excluding hydrogens is 186 g/mol. The number of hydrogen-bond donors (Lipinski definition) is 4. The van der Waals surface area contributed by atoms with Crippen molar-refractivity contribution in [2.45, 2.75) is 25.2 Å². The monoisotopic (exact) mass is 205 g/mol. The second-order valence-electron chi connectivity index (χ2n) is 3.83. The summed E-state index contributed by atoms with van der Waals surface area (Å²) in [6, 6.07) is -0.292. The number of rotatable bonds is 3. The van der Waals surface area contributed by atoms with Crippen LogP contribution in [0.4, 0.5) is 0 Å². The van der Waals surface area contributed by atoms with Gasteiger partial charge in [-0.05, 0) is 6.92 Å². The maximum Gasteiger partial charge on any atom is 0.0864 e. The number of aliphatic hydroxyl groups excluding tert-OH is 3. The summed E-state index contributed by atoms with van der Waals surface area (Å²) in [6.07, 6.45) is -0.626. The Morgan fingerprint density at radius 1 is 1.07 bits per heavy atom. The standard InChI is InChI=1S/C9H19NO4/c1-5-9(10)7(3-12)6(2-11)8(4-13)14-5/h5-9,11-13H,2-4,10H2,1H3. The summed E-state index contributed by atoms with van der Waals surface area (Å²) in [4.78, 5) is 0. The molecule has 5 heteroatoms. The fraction of sp³-hybridized carbons (Fsp3) is 1.00. The van der Waals surface area contributed by atoms with E-state index in [1.807, 2.05) is 6.92 Å². The van der Waals surface area contributed by atoms with Gasteiger partial charge in [-0.15, -0.1) is 0 Å². The van der Waals surface area contributed by atoms with Crippen molar-refractivity contribution in [3.63, 3.8) is 0 Å². The molecule has 0 saturated carbocycles. The Bertz CT molecular complexity index is 174. The van der Waals surface area contributed by atoms with E-state index in [1.54, 1.807) is 0 Å². The summed E-state index contributed by atoms with van der Waals surface area (Å²) in [5.41, 5.74) is 5.84. The highest BCUT2D eigenvalue weighted by molar-refractivity contribution is 4.91. The molecule has 0 aliphatic carbocycles.